The standard InChI is InChI=1S/C22H19Cl2N3O4S/c1-32(29,30)27(15-22(28)26-25-14-19-20(23)8-5-9-21(19)24)16-10-12-18(13-11-16)31-17-6-3-2-4-7-17/h2-14H,15H2,1H3,(H,26,28)/b25-14-. The highest BCUT2D eigenvalue weighted by Crippen LogP contribution is 2.25. The lowest BCUT2D eigenvalue weighted by atomic mass is 10.2. The number of sulfonamides is 1. The second-order valence-electron chi connectivity index (χ2n) is 6.61. The van der Waals surface area contributed by atoms with E-state index >= 15 is 0 Å². The molecular weight excluding hydrogens is 473 g/mol. The molecule has 3 aromatic carbocycles. The number of ether oxygens (including phenoxy) is 1. The third kappa shape index (κ3) is 6.46. The molecule has 7 nitrogen and oxygen atoms in total. The van der Waals surface area contributed by atoms with Crippen LogP contribution in [0, 0.1) is 0 Å². The van der Waals surface area contributed by atoms with Crippen LogP contribution < -0.4 is 14.5 Å². The molecule has 0 saturated heterocycles. The highest BCUT2D eigenvalue weighted by atomic mass is 35.5. The van der Waals surface area contributed by atoms with Crippen LogP contribution in [-0.2, 0) is 14.8 Å². The van der Waals surface area contributed by atoms with Gasteiger partial charge in [-0.1, -0.05) is 47.5 Å². The van der Waals surface area contributed by atoms with E-state index in [1.54, 1.807) is 54.6 Å². The topological polar surface area (TPSA) is 88.1 Å². The van der Waals surface area contributed by atoms with E-state index in [-0.39, 0.29) is 0 Å². The van der Waals surface area contributed by atoms with Gasteiger partial charge in [0.25, 0.3) is 5.91 Å². The van der Waals surface area contributed by atoms with Crippen molar-refractivity contribution in [2.45, 2.75) is 0 Å². The molecule has 3 rings (SSSR count). The van der Waals surface area contributed by atoms with Gasteiger partial charge in [0.15, 0.2) is 0 Å². The molecule has 32 heavy (non-hydrogen) atoms. The molecule has 1 N–H and O–H groups in total. The molecule has 166 valence electrons. The number of halogens is 2. The van der Waals surface area contributed by atoms with Crippen molar-refractivity contribution in [3.05, 3.63) is 88.4 Å². The monoisotopic (exact) mass is 491 g/mol. The lowest BCUT2D eigenvalue weighted by Crippen LogP contribution is -2.39. The maximum Gasteiger partial charge on any atom is 0.260 e. The van der Waals surface area contributed by atoms with Gasteiger partial charge < -0.3 is 4.74 Å². The van der Waals surface area contributed by atoms with Gasteiger partial charge >= 0.3 is 0 Å². The van der Waals surface area contributed by atoms with Gasteiger partial charge in [-0.25, -0.2) is 13.8 Å². The van der Waals surface area contributed by atoms with Crippen LogP contribution in [0.4, 0.5) is 5.69 Å². The molecule has 0 bridgehead atoms. The summed E-state index contributed by atoms with van der Waals surface area (Å²) in [7, 11) is -3.74. The number of carbonyl (C=O) groups excluding carboxylic acids is 1. The van der Waals surface area contributed by atoms with Crippen LogP contribution in [0.5, 0.6) is 11.5 Å². The summed E-state index contributed by atoms with van der Waals surface area (Å²) >= 11 is 12.1. The number of amides is 1. The zero-order valence-electron chi connectivity index (χ0n) is 16.9. The SMILES string of the molecule is CS(=O)(=O)N(CC(=O)N/N=C\c1c(Cl)cccc1Cl)c1ccc(Oc2ccccc2)cc1. The van der Waals surface area contributed by atoms with E-state index in [1.807, 2.05) is 18.2 Å². The molecule has 0 spiro atoms. The number of anilines is 1. The molecule has 0 heterocycles. The quantitative estimate of drug-likeness (QED) is 0.365. The van der Waals surface area contributed by atoms with Gasteiger partial charge in [-0.05, 0) is 48.5 Å². The Hall–Kier alpha value is -3.07. The van der Waals surface area contributed by atoms with Crippen molar-refractivity contribution in [2.24, 2.45) is 5.10 Å². The second kappa shape index (κ2) is 10.5. The average molecular weight is 492 g/mol. The molecule has 10 heteroatoms. The van der Waals surface area contributed by atoms with Gasteiger partial charge in [0.1, 0.15) is 18.0 Å². The first-order valence-electron chi connectivity index (χ1n) is 9.30. The Kier molecular flexibility index (Phi) is 7.74. The maximum atomic E-state index is 12.3. The van der Waals surface area contributed by atoms with Gasteiger partial charge in [0, 0.05) is 5.56 Å². The summed E-state index contributed by atoms with van der Waals surface area (Å²) in [6, 6.07) is 20.5. The number of hydrogen-bond acceptors (Lipinski definition) is 5. The summed E-state index contributed by atoms with van der Waals surface area (Å²) in [6.07, 6.45) is 2.31. The Labute approximate surface area is 196 Å². The molecule has 3 aromatic rings. The fraction of sp³-hybridized carbons (Fsp3) is 0.0909. The van der Waals surface area contributed by atoms with Gasteiger partial charge in [0.05, 0.1) is 28.2 Å². The number of nitrogens with one attached hydrogen (secondary N) is 1. The number of benzene rings is 3. The molecule has 0 atom stereocenters. The number of para-hydroxylation sites is 1. The van der Waals surface area contributed by atoms with Crippen molar-refractivity contribution in [1.29, 1.82) is 0 Å². The Morgan fingerprint density at radius 3 is 2.16 bits per heavy atom. The van der Waals surface area contributed by atoms with E-state index in [0.29, 0.717) is 32.8 Å². The number of rotatable bonds is 8. The van der Waals surface area contributed by atoms with Crippen molar-refractivity contribution in [2.75, 3.05) is 17.1 Å². The molecule has 0 radical (unpaired) electrons. The van der Waals surface area contributed by atoms with Crippen molar-refractivity contribution in [3.8, 4) is 11.5 Å². The lowest BCUT2D eigenvalue weighted by molar-refractivity contribution is -0.119. The van der Waals surface area contributed by atoms with Gasteiger partial charge in [0.2, 0.25) is 10.0 Å². The molecule has 0 saturated carbocycles. The van der Waals surface area contributed by atoms with Crippen molar-refractivity contribution < 1.29 is 17.9 Å². The predicted octanol–water partition coefficient (Wildman–Crippen LogP) is 4.70. The molecule has 0 aliphatic rings. The van der Waals surface area contributed by atoms with Crippen LogP contribution in [-0.4, -0.2) is 33.3 Å². The van der Waals surface area contributed by atoms with Crippen LogP contribution in [0.25, 0.3) is 0 Å². The van der Waals surface area contributed by atoms with E-state index in [9.17, 15) is 13.2 Å². The van der Waals surface area contributed by atoms with Crippen LogP contribution in [0.2, 0.25) is 10.0 Å². The Morgan fingerprint density at radius 1 is 0.969 bits per heavy atom. The number of hydrogen-bond donors (Lipinski definition) is 1. The van der Waals surface area contributed by atoms with Crippen LogP contribution in [0.15, 0.2) is 77.9 Å². The molecule has 1 amide bonds. The van der Waals surface area contributed by atoms with Crippen molar-refractivity contribution in [3.63, 3.8) is 0 Å². The van der Waals surface area contributed by atoms with E-state index in [4.69, 9.17) is 27.9 Å². The van der Waals surface area contributed by atoms with E-state index < -0.39 is 22.5 Å². The highest BCUT2D eigenvalue weighted by molar-refractivity contribution is 7.92. The zero-order chi connectivity index (χ0) is 23.1. The highest BCUT2D eigenvalue weighted by Gasteiger charge is 2.21. The fourth-order valence-electron chi connectivity index (χ4n) is 2.67. The predicted molar refractivity (Wildman–Crippen MR) is 127 cm³/mol. The Balaban J connectivity index is 1.69. The van der Waals surface area contributed by atoms with Crippen LogP contribution in [0.1, 0.15) is 5.56 Å². The first kappa shape index (κ1) is 23.6. The van der Waals surface area contributed by atoms with Gasteiger partial charge in [-0.15, -0.1) is 0 Å². The van der Waals surface area contributed by atoms with Crippen LogP contribution >= 0.6 is 23.2 Å². The maximum absolute atomic E-state index is 12.3. The van der Waals surface area contributed by atoms with Crippen LogP contribution in [0.3, 0.4) is 0 Å². The zero-order valence-corrected chi connectivity index (χ0v) is 19.2. The third-order valence-corrected chi connectivity index (χ3v) is 5.97. The van der Waals surface area contributed by atoms with Crippen molar-refractivity contribution >= 4 is 51.0 Å². The Morgan fingerprint density at radius 2 is 1.56 bits per heavy atom. The fourth-order valence-corrected chi connectivity index (χ4v) is 4.03. The minimum Gasteiger partial charge on any atom is -0.457 e. The minimum atomic E-state index is -3.74. The molecule has 0 aromatic heterocycles. The molecule has 0 unspecified atom stereocenters. The summed E-state index contributed by atoms with van der Waals surface area (Å²) < 4.78 is 31.2. The summed E-state index contributed by atoms with van der Waals surface area (Å²) in [5.74, 6) is 0.537. The largest absolute Gasteiger partial charge is 0.457 e. The Bertz CT molecular complexity index is 1200. The van der Waals surface area contributed by atoms with Crippen molar-refractivity contribution in [1.82, 2.24) is 5.43 Å². The molecule has 0 aliphatic heterocycles. The average Bonchev–Trinajstić information content (AvgIpc) is 2.75. The second-order valence-corrected chi connectivity index (χ2v) is 9.33. The number of hydrazone groups is 1. The molecule has 0 fully saturated rings. The van der Waals surface area contributed by atoms with E-state index in [1.165, 1.54) is 6.21 Å². The summed E-state index contributed by atoms with van der Waals surface area (Å²) in [5.41, 5.74) is 3.03. The lowest BCUT2D eigenvalue weighted by Gasteiger charge is -2.21. The van der Waals surface area contributed by atoms with E-state index in [2.05, 4.69) is 10.5 Å². The molecular formula is C22H19Cl2N3O4S. The number of carbonyl (C=O) groups is 1. The summed E-state index contributed by atoms with van der Waals surface area (Å²) in [4.78, 5) is 12.3. The van der Waals surface area contributed by atoms with E-state index in [0.717, 1.165) is 10.6 Å². The van der Waals surface area contributed by atoms with Gasteiger partial charge in [-0.3, -0.25) is 9.10 Å². The first-order chi connectivity index (χ1) is 15.2. The first-order valence-corrected chi connectivity index (χ1v) is 11.9. The molecule has 0 aliphatic carbocycles. The summed E-state index contributed by atoms with van der Waals surface area (Å²) in [6.45, 7) is -0.467. The van der Waals surface area contributed by atoms with Gasteiger partial charge in [-0.2, -0.15) is 5.10 Å². The minimum absolute atomic E-state index is 0.307. The third-order valence-electron chi connectivity index (χ3n) is 4.17. The summed E-state index contributed by atoms with van der Waals surface area (Å²) in [5, 5.41) is 4.55. The smallest absolute Gasteiger partial charge is 0.260 e. The number of nitrogens with zero attached hydrogens (tertiary/aromatic N) is 2. The normalized spacial score (nSPS) is 11.3.